The molecule has 3 nitrogen and oxygen atoms in total. The van der Waals surface area contributed by atoms with Gasteiger partial charge in [-0.2, -0.15) is 0 Å². The number of halogens is 1. The second-order valence-electron chi connectivity index (χ2n) is 3.63. The fourth-order valence-electron chi connectivity index (χ4n) is 2.00. The molecule has 11 heavy (non-hydrogen) atoms. The highest BCUT2D eigenvalue weighted by atomic mass is 35.5. The first-order valence-electron chi connectivity index (χ1n) is 3.84. The molecular formula is C7H11ClN2O. The maximum atomic E-state index is 8.37. The van der Waals surface area contributed by atoms with E-state index in [0.29, 0.717) is 16.5 Å². The van der Waals surface area contributed by atoms with E-state index in [0.717, 1.165) is 25.9 Å². The summed E-state index contributed by atoms with van der Waals surface area (Å²) in [6.07, 6.45) is 2.17. The first-order chi connectivity index (χ1) is 5.26. The Morgan fingerprint density at radius 2 is 2.18 bits per heavy atom. The standard InChI is InChI=1S/C7H11ClN2O/c8-6(10-11)5-1-7(2-5)3-9-4-7/h5,9,11H,1-4H2/b10-6+. The van der Waals surface area contributed by atoms with E-state index < -0.39 is 0 Å². The molecular weight excluding hydrogens is 164 g/mol. The van der Waals surface area contributed by atoms with Crippen LogP contribution in [0.4, 0.5) is 0 Å². The Kier molecular flexibility index (Phi) is 1.58. The van der Waals surface area contributed by atoms with Crippen molar-refractivity contribution < 1.29 is 5.21 Å². The molecule has 2 aliphatic rings. The number of hydrogen-bond donors (Lipinski definition) is 2. The number of nitrogens with zero attached hydrogens (tertiary/aromatic N) is 1. The summed E-state index contributed by atoms with van der Waals surface area (Å²) in [6, 6.07) is 0. The Morgan fingerprint density at radius 1 is 1.55 bits per heavy atom. The summed E-state index contributed by atoms with van der Waals surface area (Å²) in [6.45, 7) is 2.22. The Labute approximate surface area is 70.4 Å². The second-order valence-corrected chi connectivity index (χ2v) is 4.02. The summed E-state index contributed by atoms with van der Waals surface area (Å²) in [4.78, 5) is 0. The van der Waals surface area contributed by atoms with Crippen LogP contribution in [0.25, 0.3) is 0 Å². The van der Waals surface area contributed by atoms with E-state index in [9.17, 15) is 0 Å². The van der Waals surface area contributed by atoms with E-state index in [1.54, 1.807) is 0 Å². The third-order valence-corrected chi connectivity index (χ3v) is 3.18. The predicted octanol–water partition coefficient (Wildman–Crippen LogP) is 1.01. The second kappa shape index (κ2) is 2.35. The summed E-state index contributed by atoms with van der Waals surface area (Å²) >= 11 is 5.66. The molecule has 4 heteroatoms. The largest absolute Gasteiger partial charge is 0.410 e. The van der Waals surface area contributed by atoms with Gasteiger partial charge in [-0.3, -0.25) is 0 Å². The van der Waals surface area contributed by atoms with Crippen LogP contribution in [-0.2, 0) is 0 Å². The SMILES string of the molecule is O/N=C(/Cl)C1CC2(CNC2)C1. The molecule has 2 fully saturated rings. The molecule has 62 valence electrons. The minimum atomic E-state index is 0.323. The minimum absolute atomic E-state index is 0.323. The van der Waals surface area contributed by atoms with Crippen molar-refractivity contribution in [2.45, 2.75) is 12.8 Å². The normalized spacial score (nSPS) is 29.7. The Morgan fingerprint density at radius 3 is 2.55 bits per heavy atom. The summed E-state index contributed by atoms with van der Waals surface area (Å²) < 4.78 is 0. The van der Waals surface area contributed by atoms with Gasteiger partial charge in [-0.15, -0.1) is 0 Å². The van der Waals surface area contributed by atoms with Gasteiger partial charge >= 0.3 is 0 Å². The summed E-state index contributed by atoms with van der Waals surface area (Å²) in [7, 11) is 0. The number of rotatable bonds is 1. The molecule has 0 aromatic carbocycles. The molecule has 1 spiro atoms. The Bertz CT molecular complexity index is 193. The zero-order valence-corrected chi connectivity index (χ0v) is 6.93. The van der Waals surface area contributed by atoms with Crippen LogP contribution in [0.15, 0.2) is 5.16 Å². The van der Waals surface area contributed by atoms with Gasteiger partial charge in [-0.05, 0) is 18.3 Å². The van der Waals surface area contributed by atoms with Crippen LogP contribution in [0.2, 0.25) is 0 Å². The Balaban J connectivity index is 1.87. The maximum Gasteiger partial charge on any atom is 0.148 e. The molecule has 1 saturated heterocycles. The highest BCUT2D eigenvalue weighted by molar-refractivity contribution is 6.65. The van der Waals surface area contributed by atoms with Crippen molar-refractivity contribution in [3.8, 4) is 0 Å². The molecule has 0 bridgehead atoms. The zero-order valence-electron chi connectivity index (χ0n) is 6.18. The van der Waals surface area contributed by atoms with Crippen LogP contribution in [-0.4, -0.2) is 23.5 Å². The van der Waals surface area contributed by atoms with Crippen LogP contribution in [0.1, 0.15) is 12.8 Å². The lowest BCUT2D eigenvalue weighted by molar-refractivity contribution is 0.0308. The quantitative estimate of drug-likeness (QED) is 0.354. The van der Waals surface area contributed by atoms with Crippen LogP contribution in [0.5, 0.6) is 0 Å². The molecule has 0 unspecified atom stereocenters. The van der Waals surface area contributed by atoms with Crippen molar-refractivity contribution in [1.29, 1.82) is 0 Å². The third kappa shape index (κ3) is 1.03. The van der Waals surface area contributed by atoms with Crippen molar-refractivity contribution >= 4 is 16.8 Å². The van der Waals surface area contributed by atoms with Crippen molar-refractivity contribution in [3.05, 3.63) is 0 Å². The fourth-order valence-corrected chi connectivity index (χ4v) is 2.16. The van der Waals surface area contributed by atoms with E-state index in [2.05, 4.69) is 10.5 Å². The molecule has 0 radical (unpaired) electrons. The topological polar surface area (TPSA) is 44.6 Å². The van der Waals surface area contributed by atoms with Gasteiger partial charge in [0.15, 0.2) is 0 Å². The lowest BCUT2D eigenvalue weighted by atomic mass is 9.59. The average molecular weight is 175 g/mol. The van der Waals surface area contributed by atoms with E-state index >= 15 is 0 Å². The lowest BCUT2D eigenvalue weighted by Gasteiger charge is -2.53. The number of oxime groups is 1. The zero-order chi connectivity index (χ0) is 7.90. The molecule has 2 N–H and O–H groups in total. The molecule has 0 amide bonds. The van der Waals surface area contributed by atoms with E-state index in [1.807, 2.05) is 0 Å². The average Bonchev–Trinajstić information content (AvgIpc) is 1.81. The van der Waals surface area contributed by atoms with Crippen LogP contribution < -0.4 is 5.32 Å². The van der Waals surface area contributed by atoms with Gasteiger partial charge < -0.3 is 10.5 Å². The fraction of sp³-hybridized carbons (Fsp3) is 0.857. The molecule has 0 aromatic heterocycles. The molecule has 1 aliphatic heterocycles. The van der Waals surface area contributed by atoms with Crippen molar-refractivity contribution in [3.63, 3.8) is 0 Å². The third-order valence-electron chi connectivity index (χ3n) is 2.79. The highest BCUT2D eigenvalue weighted by Crippen LogP contribution is 2.49. The van der Waals surface area contributed by atoms with E-state index in [-0.39, 0.29) is 0 Å². The molecule has 2 rings (SSSR count). The van der Waals surface area contributed by atoms with Gasteiger partial charge in [0, 0.05) is 19.0 Å². The smallest absolute Gasteiger partial charge is 0.148 e. The van der Waals surface area contributed by atoms with Gasteiger partial charge in [0.25, 0.3) is 0 Å². The predicted molar refractivity (Wildman–Crippen MR) is 43.1 cm³/mol. The molecule has 1 heterocycles. The van der Waals surface area contributed by atoms with Crippen LogP contribution >= 0.6 is 11.6 Å². The van der Waals surface area contributed by atoms with Crippen molar-refractivity contribution in [2.24, 2.45) is 16.5 Å². The lowest BCUT2D eigenvalue weighted by Crippen LogP contribution is -2.61. The van der Waals surface area contributed by atoms with Gasteiger partial charge in [0.1, 0.15) is 5.17 Å². The summed E-state index contributed by atoms with van der Waals surface area (Å²) in [5.41, 5.74) is 0.509. The monoisotopic (exact) mass is 174 g/mol. The van der Waals surface area contributed by atoms with Crippen molar-refractivity contribution in [1.82, 2.24) is 5.32 Å². The Hall–Kier alpha value is -0.280. The number of nitrogens with one attached hydrogen (secondary N) is 1. The van der Waals surface area contributed by atoms with Crippen LogP contribution in [0, 0.1) is 11.3 Å². The van der Waals surface area contributed by atoms with Crippen molar-refractivity contribution in [2.75, 3.05) is 13.1 Å². The minimum Gasteiger partial charge on any atom is -0.410 e. The molecule has 1 aliphatic carbocycles. The van der Waals surface area contributed by atoms with E-state index in [1.165, 1.54) is 0 Å². The molecule has 1 saturated carbocycles. The highest BCUT2D eigenvalue weighted by Gasteiger charge is 2.49. The maximum absolute atomic E-state index is 8.37. The summed E-state index contributed by atoms with van der Waals surface area (Å²) in [5.74, 6) is 0.323. The first kappa shape index (κ1) is 7.37. The van der Waals surface area contributed by atoms with Gasteiger partial charge in [-0.25, -0.2) is 0 Å². The van der Waals surface area contributed by atoms with Crippen LogP contribution in [0.3, 0.4) is 0 Å². The summed E-state index contributed by atoms with van der Waals surface area (Å²) in [5, 5.41) is 15.0. The van der Waals surface area contributed by atoms with Gasteiger partial charge in [0.2, 0.25) is 0 Å². The number of hydrogen-bond acceptors (Lipinski definition) is 3. The van der Waals surface area contributed by atoms with Gasteiger partial charge in [-0.1, -0.05) is 16.8 Å². The first-order valence-corrected chi connectivity index (χ1v) is 4.22. The van der Waals surface area contributed by atoms with E-state index in [4.69, 9.17) is 16.8 Å². The molecule has 0 aromatic rings. The molecule has 0 atom stereocenters. The van der Waals surface area contributed by atoms with Gasteiger partial charge in [0.05, 0.1) is 0 Å².